The summed E-state index contributed by atoms with van der Waals surface area (Å²) >= 11 is 0.654. The molecule has 0 aromatic carbocycles. The van der Waals surface area contributed by atoms with Crippen LogP contribution in [0.5, 0.6) is 0 Å². The van der Waals surface area contributed by atoms with Gasteiger partial charge >= 0.3 is 7.82 Å². The molecule has 1 heterocycles. The highest BCUT2D eigenvalue weighted by atomic mass is 32.2. The SMILES string of the molecule is O=P(O)(O)O[C@H]1S[C@H](CO)[C@@H](O)[C@H](O)[C@@H]1O. The van der Waals surface area contributed by atoms with Crippen LogP contribution in [-0.4, -0.2) is 65.8 Å². The molecule has 0 bridgehead atoms. The lowest BCUT2D eigenvalue weighted by molar-refractivity contribution is -0.0939. The number of phosphoric acid groups is 1. The lowest BCUT2D eigenvalue weighted by atomic mass is 10.0. The molecule has 8 nitrogen and oxygen atoms in total. The second-order valence-corrected chi connectivity index (χ2v) is 5.83. The molecule has 1 aliphatic rings. The molecule has 0 aromatic rings. The van der Waals surface area contributed by atoms with Crippen molar-refractivity contribution in [2.45, 2.75) is 29.0 Å². The van der Waals surface area contributed by atoms with Gasteiger partial charge in [-0.3, -0.25) is 4.52 Å². The van der Waals surface area contributed by atoms with E-state index in [4.69, 9.17) is 14.9 Å². The molecular formula is C6H13O8PS. The number of phosphoric ester groups is 1. The fourth-order valence-electron chi connectivity index (χ4n) is 1.29. The average molecular weight is 276 g/mol. The molecule has 10 heteroatoms. The van der Waals surface area contributed by atoms with Gasteiger partial charge in [-0.25, -0.2) is 4.57 Å². The van der Waals surface area contributed by atoms with Gasteiger partial charge in [-0.05, 0) is 0 Å². The summed E-state index contributed by atoms with van der Waals surface area (Å²) in [5.41, 5.74) is -1.41. The van der Waals surface area contributed by atoms with Gasteiger partial charge in [0.2, 0.25) is 0 Å². The van der Waals surface area contributed by atoms with Gasteiger partial charge in [-0.1, -0.05) is 0 Å². The molecule has 16 heavy (non-hydrogen) atoms. The van der Waals surface area contributed by atoms with Crippen LogP contribution in [0.4, 0.5) is 0 Å². The van der Waals surface area contributed by atoms with Gasteiger partial charge in [0.05, 0.1) is 18.0 Å². The Hall–Kier alpha value is 0.300. The van der Waals surface area contributed by atoms with Crippen molar-refractivity contribution in [2.24, 2.45) is 0 Å². The topological polar surface area (TPSA) is 148 Å². The van der Waals surface area contributed by atoms with E-state index in [0.29, 0.717) is 11.8 Å². The summed E-state index contributed by atoms with van der Waals surface area (Å²) in [6.07, 6.45) is -4.66. The highest BCUT2D eigenvalue weighted by Gasteiger charge is 2.45. The number of aliphatic hydroxyl groups excluding tert-OH is 4. The highest BCUT2D eigenvalue weighted by Crippen LogP contribution is 2.44. The zero-order chi connectivity index (χ0) is 12.5. The highest BCUT2D eigenvalue weighted by molar-refractivity contribution is 8.00. The lowest BCUT2D eigenvalue weighted by Gasteiger charge is -2.38. The van der Waals surface area contributed by atoms with Crippen molar-refractivity contribution >= 4 is 19.6 Å². The molecule has 1 aliphatic heterocycles. The first-order valence-corrected chi connectivity index (χ1v) is 6.78. The normalized spacial score (nSPS) is 41.0. The standard InChI is InChI=1S/C6H13O8PS/c7-1-2-3(8)4(9)5(10)6(16-2)14-15(11,12)13/h2-10H,1H2,(H2,11,12,13)/t2-,3-,4+,5+,6+/m1/s1. The van der Waals surface area contributed by atoms with Crippen molar-refractivity contribution in [1.82, 2.24) is 0 Å². The van der Waals surface area contributed by atoms with Crippen LogP contribution in [0.3, 0.4) is 0 Å². The Morgan fingerprint density at radius 2 is 1.69 bits per heavy atom. The molecule has 0 aromatic heterocycles. The second kappa shape index (κ2) is 5.30. The summed E-state index contributed by atoms with van der Waals surface area (Å²) < 4.78 is 14.8. The van der Waals surface area contributed by atoms with Crippen molar-refractivity contribution in [3.05, 3.63) is 0 Å². The van der Waals surface area contributed by atoms with Crippen LogP contribution in [0.25, 0.3) is 0 Å². The van der Waals surface area contributed by atoms with Crippen LogP contribution in [0.2, 0.25) is 0 Å². The van der Waals surface area contributed by atoms with E-state index in [1.807, 2.05) is 0 Å². The largest absolute Gasteiger partial charge is 0.470 e. The third-order valence-electron chi connectivity index (χ3n) is 2.09. The number of thioether (sulfide) groups is 1. The quantitative estimate of drug-likeness (QED) is 0.310. The molecule has 5 atom stereocenters. The summed E-state index contributed by atoms with van der Waals surface area (Å²) in [7, 11) is -4.81. The predicted octanol–water partition coefficient (Wildman–Crippen LogP) is -2.39. The third kappa shape index (κ3) is 3.39. The fourth-order valence-corrected chi connectivity index (χ4v) is 3.29. The number of aliphatic hydroxyl groups is 4. The molecular weight excluding hydrogens is 263 g/mol. The van der Waals surface area contributed by atoms with E-state index in [-0.39, 0.29) is 0 Å². The number of hydrogen-bond acceptors (Lipinski definition) is 7. The minimum absolute atomic E-state index is 0.517. The van der Waals surface area contributed by atoms with Crippen LogP contribution < -0.4 is 0 Å². The van der Waals surface area contributed by atoms with E-state index in [2.05, 4.69) is 4.52 Å². The summed E-state index contributed by atoms with van der Waals surface area (Å²) in [6.45, 7) is -0.517. The first-order valence-electron chi connectivity index (χ1n) is 4.30. The van der Waals surface area contributed by atoms with Gasteiger partial charge < -0.3 is 30.2 Å². The van der Waals surface area contributed by atoms with E-state index < -0.39 is 43.4 Å². The molecule has 1 rings (SSSR count). The van der Waals surface area contributed by atoms with Crippen molar-refractivity contribution in [2.75, 3.05) is 6.61 Å². The van der Waals surface area contributed by atoms with Gasteiger partial charge in [0, 0.05) is 0 Å². The maximum Gasteiger partial charge on any atom is 0.470 e. The average Bonchev–Trinajstić information content (AvgIpc) is 2.17. The summed E-state index contributed by atoms with van der Waals surface area (Å²) in [6, 6.07) is 0. The minimum atomic E-state index is -4.81. The van der Waals surface area contributed by atoms with Gasteiger partial charge in [-0.2, -0.15) is 0 Å². The Morgan fingerprint density at radius 3 is 2.12 bits per heavy atom. The van der Waals surface area contributed by atoms with Crippen molar-refractivity contribution < 1.29 is 39.3 Å². The van der Waals surface area contributed by atoms with Gasteiger partial charge in [-0.15, -0.1) is 11.8 Å². The van der Waals surface area contributed by atoms with Gasteiger partial charge in [0.15, 0.2) is 0 Å². The zero-order valence-corrected chi connectivity index (χ0v) is 9.66. The van der Waals surface area contributed by atoms with Gasteiger partial charge in [0.25, 0.3) is 0 Å². The van der Waals surface area contributed by atoms with E-state index in [1.165, 1.54) is 0 Å². The molecule has 6 N–H and O–H groups in total. The Morgan fingerprint density at radius 1 is 1.12 bits per heavy atom. The maximum absolute atomic E-state index is 10.6. The number of hydrogen-bond donors (Lipinski definition) is 6. The predicted molar refractivity (Wildman–Crippen MR) is 53.4 cm³/mol. The van der Waals surface area contributed by atoms with E-state index >= 15 is 0 Å². The fraction of sp³-hybridized carbons (Fsp3) is 1.00. The Labute approximate surface area is 95.1 Å². The Bertz CT molecular complexity index is 280. The van der Waals surface area contributed by atoms with E-state index in [9.17, 15) is 19.9 Å². The summed E-state index contributed by atoms with van der Waals surface area (Å²) in [5, 5.41) is 36.1. The molecule has 0 radical (unpaired) electrons. The van der Waals surface area contributed by atoms with Crippen LogP contribution in [0.1, 0.15) is 0 Å². The monoisotopic (exact) mass is 276 g/mol. The van der Waals surface area contributed by atoms with E-state index in [1.54, 1.807) is 0 Å². The van der Waals surface area contributed by atoms with E-state index in [0.717, 1.165) is 0 Å². The van der Waals surface area contributed by atoms with Crippen molar-refractivity contribution in [1.29, 1.82) is 0 Å². The Balaban J connectivity index is 2.75. The minimum Gasteiger partial charge on any atom is -0.395 e. The molecule has 0 spiro atoms. The molecule has 1 fully saturated rings. The second-order valence-electron chi connectivity index (χ2n) is 3.29. The summed E-state index contributed by atoms with van der Waals surface area (Å²) in [4.78, 5) is 17.1. The van der Waals surface area contributed by atoms with Crippen molar-refractivity contribution in [3.8, 4) is 0 Å². The molecule has 0 saturated carbocycles. The maximum atomic E-state index is 10.6. The first kappa shape index (κ1) is 14.4. The first-order chi connectivity index (χ1) is 7.26. The number of rotatable bonds is 3. The lowest BCUT2D eigenvalue weighted by Crippen LogP contribution is -2.54. The molecule has 96 valence electrons. The van der Waals surface area contributed by atoms with Gasteiger partial charge in [0.1, 0.15) is 17.6 Å². The third-order valence-corrected chi connectivity index (χ3v) is 4.15. The van der Waals surface area contributed by atoms with Crippen LogP contribution in [0.15, 0.2) is 0 Å². The van der Waals surface area contributed by atoms with Crippen LogP contribution >= 0.6 is 19.6 Å². The van der Waals surface area contributed by atoms with Crippen molar-refractivity contribution in [3.63, 3.8) is 0 Å². The van der Waals surface area contributed by atoms with Crippen LogP contribution in [-0.2, 0) is 9.09 Å². The van der Waals surface area contributed by atoms with Crippen LogP contribution in [0, 0.1) is 0 Å². The molecule has 1 saturated heterocycles. The molecule has 0 amide bonds. The molecule has 0 aliphatic carbocycles. The summed E-state index contributed by atoms with van der Waals surface area (Å²) in [5.74, 6) is 0. The zero-order valence-electron chi connectivity index (χ0n) is 7.95. The Kier molecular flexibility index (Phi) is 4.76. The smallest absolute Gasteiger partial charge is 0.395 e. The molecule has 0 unspecified atom stereocenters.